The van der Waals surface area contributed by atoms with Gasteiger partial charge in [-0.1, -0.05) is 25.1 Å². The fourth-order valence-corrected chi connectivity index (χ4v) is 2.71. The third kappa shape index (κ3) is 4.23. The van der Waals surface area contributed by atoms with E-state index in [1.807, 2.05) is 0 Å². The zero-order chi connectivity index (χ0) is 17.0. The second-order valence-electron chi connectivity index (χ2n) is 5.59. The number of methoxy groups -OCH3 is 1. The molecule has 1 saturated heterocycles. The Hall–Kier alpha value is -1.60. The lowest BCUT2D eigenvalue weighted by molar-refractivity contribution is -0.146. The molecule has 1 amide bonds. The summed E-state index contributed by atoms with van der Waals surface area (Å²) < 4.78 is 49.9. The quantitative estimate of drug-likeness (QED) is 0.852. The van der Waals surface area contributed by atoms with E-state index in [4.69, 9.17) is 9.47 Å². The highest BCUT2D eigenvalue weighted by Crippen LogP contribution is 2.36. The van der Waals surface area contributed by atoms with Crippen LogP contribution in [0.25, 0.3) is 0 Å². The van der Waals surface area contributed by atoms with Crippen molar-refractivity contribution in [3.05, 3.63) is 35.4 Å². The van der Waals surface area contributed by atoms with E-state index in [2.05, 4.69) is 0 Å². The first-order valence-electron chi connectivity index (χ1n) is 7.40. The number of benzene rings is 1. The van der Waals surface area contributed by atoms with Gasteiger partial charge in [-0.2, -0.15) is 13.2 Å². The minimum Gasteiger partial charge on any atom is -0.384 e. The van der Waals surface area contributed by atoms with Crippen molar-refractivity contribution >= 4 is 5.91 Å². The second-order valence-corrected chi connectivity index (χ2v) is 5.59. The molecule has 2 atom stereocenters. The summed E-state index contributed by atoms with van der Waals surface area (Å²) in [7, 11) is 1.51. The molecule has 4 nitrogen and oxygen atoms in total. The van der Waals surface area contributed by atoms with E-state index in [9.17, 15) is 18.0 Å². The van der Waals surface area contributed by atoms with E-state index < -0.39 is 17.8 Å². The van der Waals surface area contributed by atoms with Gasteiger partial charge in [0, 0.05) is 13.7 Å². The Balaban J connectivity index is 2.18. The number of ether oxygens (including phenoxy) is 2. The molecule has 23 heavy (non-hydrogen) atoms. The molecule has 0 radical (unpaired) electrons. The molecule has 0 N–H and O–H groups in total. The maximum atomic E-state index is 13.1. The highest BCUT2D eigenvalue weighted by Gasteiger charge is 2.37. The molecule has 0 saturated carbocycles. The summed E-state index contributed by atoms with van der Waals surface area (Å²) in [5.41, 5.74) is -0.652. The van der Waals surface area contributed by atoms with Gasteiger partial charge in [0.1, 0.15) is 6.10 Å². The number of hydrogen-bond acceptors (Lipinski definition) is 3. The Labute approximate surface area is 133 Å². The Morgan fingerprint density at radius 1 is 1.43 bits per heavy atom. The number of rotatable bonds is 4. The van der Waals surface area contributed by atoms with Crippen molar-refractivity contribution < 1.29 is 27.4 Å². The predicted octanol–water partition coefficient (Wildman–Crippen LogP) is 2.89. The van der Waals surface area contributed by atoms with Gasteiger partial charge < -0.3 is 14.4 Å². The molecule has 0 unspecified atom stereocenters. The topological polar surface area (TPSA) is 38.8 Å². The molecule has 1 fully saturated rings. The van der Waals surface area contributed by atoms with E-state index >= 15 is 0 Å². The summed E-state index contributed by atoms with van der Waals surface area (Å²) in [6, 6.07) is 5.33. The van der Waals surface area contributed by atoms with E-state index in [0.717, 1.165) is 6.07 Å². The van der Waals surface area contributed by atoms with E-state index in [0.29, 0.717) is 6.54 Å². The highest BCUT2D eigenvalue weighted by atomic mass is 19.4. The molecule has 1 aromatic rings. The van der Waals surface area contributed by atoms with Crippen molar-refractivity contribution in [1.29, 1.82) is 0 Å². The number of carbonyl (C=O) groups is 1. The Morgan fingerprint density at radius 3 is 2.78 bits per heavy atom. The first kappa shape index (κ1) is 17.7. The summed E-state index contributed by atoms with van der Waals surface area (Å²) in [6.45, 7) is 2.71. The average Bonchev–Trinajstić information content (AvgIpc) is 2.53. The lowest BCUT2D eigenvalue weighted by Crippen LogP contribution is -2.45. The van der Waals surface area contributed by atoms with Crippen molar-refractivity contribution in [2.45, 2.75) is 19.2 Å². The van der Waals surface area contributed by atoms with Crippen LogP contribution in [0.5, 0.6) is 0 Å². The van der Waals surface area contributed by atoms with Crippen molar-refractivity contribution in [3.8, 4) is 0 Å². The lowest BCUT2D eigenvalue weighted by atomic mass is 10.00. The molecule has 0 bridgehead atoms. The van der Waals surface area contributed by atoms with Crippen LogP contribution < -0.4 is 0 Å². The second kappa shape index (κ2) is 7.31. The summed E-state index contributed by atoms with van der Waals surface area (Å²) in [5, 5.41) is 0. The van der Waals surface area contributed by atoms with Crippen molar-refractivity contribution in [2.24, 2.45) is 5.92 Å². The van der Waals surface area contributed by atoms with Gasteiger partial charge in [0.25, 0.3) is 0 Å². The Kier molecular flexibility index (Phi) is 5.64. The van der Waals surface area contributed by atoms with Crippen LogP contribution in [0.3, 0.4) is 0 Å². The van der Waals surface area contributed by atoms with E-state index in [-0.39, 0.29) is 37.1 Å². The Morgan fingerprint density at radius 2 is 2.13 bits per heavy atom. The molecule has 7 heteroatoms. The summed E-state index contributed by atoms with van der Waals surface area (Å²) in [4.78, 5) is 13.9. The first-order chi connectivity index (χ1) is 10.8. The molecular formula is C16H20F3NO3. The molecule has 0 aromatic heterocycles. The van der Waals surface area contributed by atoms with Gasteiger partial charge in [-0.15, -0.1) is 0 Å². The van der Waals surface area contributed by atoms with Gasteiger partial charge in [0.15, 0.2) is 0 Å². The highest BCUT2D eigenvalue weighted by molar-refractivity contribution is 5.78. The molecule has 1 aliphatic rings. The molecule has 1 aromatic carbocycles. The van der Waals surface area contributed by atoms with Crippen LogP contribution in [-0.4, -0.2) is 44.2 Å². The van der Waals surface area contributed by atoms with Crippen molar-refractivity contribution in [3.63, 3.8) is 0 Å². The van der Waals surface area contributed by atoms with Crippen LogP contribution >= 0.6 is 0 Å². The van der Waals surface area contributed by atoms with Gasteiger partial charge in [-0.3, -0.25) is 4.79 Å². The van der Waals surface area contributed by atoms with Gasteiger partial charge in [-0.05, 0) is 11.6 Å². The van der Waals surface area contributed by atoms with E-state index in [1.54, 1.807) is 17.9 Å². The van der Waals surface area contributed by atoms with Crippen LogP contribution in [0, 0.1) is 5.92 Å². The van der Waals surface area contributed by atoms with Gasteiger partial charge in [0.05, 0.1) is 31.2 Å². The van der Waals surface area contributed by atoms with Crippen molar-refractivity contribution in [1.82, 2.24) is 4.90 Å². The fourth-order valence-electron chi connectivity index (χ4n) is 2.71. The molecule has 1 heterocycles. The van der Waals surface area contributed by atoms with Gasteiger partial charge in [0.2, 0.25) is 5.91 Å². The number of halogens is 3. The molecule has 0 aliphatic carbocycles. The minimum absolute atomic E-state index is 0.0666. The maximum absolute atomic E-state index is 13.1. The fraction of sp³-hybridized carbons (Fsp3) is 0.562. The minimum atomic E-state index is -4.45. The summed E-state index contributed by atoms with van der Waals surface area (Å²) in [6.07, 6.45) is -5.23. The maximum Gasteiger partial charge on any atom is 0.416 e. The van der Waals surface area contributed by atoms with Crippen LogP contribution in [0.4, 0.5) is 13.2 Å². The van der Waals surface area contributed by atoms with Gasteiger partial charge >= 0.3 is 6.18 Å². The smallest absolute Gasteiger partial charge is 0.384 e. The van der Waals surface area contributed by atoms with E-state index in [1.165, 1.54) is 19.2 Å². The predicted molar refractivity (Wildman–Crippen MR) is 77.8 cm³/mol. The first-order valence-corrected chi connectivity index (χ1v) is 7.40. The number of carbonyl (C=O) groups excluding carboxylic acids is 1. The molecule has 0 spiro atoms. The lowest BCUT2D eigenvalue weighted by Gasteiger charge is -2.35. The number of nitrogens with zero attached hydrogens (tertiary/aromatic N) is 1. The Bertz CT molecular complexity index is 548. The monoisotopic (exact) mass is 331 g/mol. The number of morpholine rings is 1. The van der Waals surface area contributed by atoms with Crippen molar-refractivity contribution in [2.75, 3.05) is 33.4 Å². The zero-order valence-electron chi connectivity index (χ0n) is 13.1. The van der Waals surface area contributed by atoms with Gasteiger partial charge in [-0.25, -0.2) is 0 Å². The largest absolute Gasteiger partial charge is 0.416 e. The standard InChI is InChI=1S/C16H20F3NO3/c1-11(10-22-2)15(21)20-7-8-23-14(9-20)12-5-3-4-6-13(12)16(17,18)19/h3-6,11,14H,7-10H2,1-2H3/t11-,14-/m1/s1. The zero-order valence-corrected chi connectivity index (χ0v) is 13.1. The molecular weight excluding hydrogens is 311 g/mol. The summed E-state index contributed by atoms with van der Waals surface area (Å²) in [5.74, 6) is -0.471. The molecule has 128 valence electrons. The third-order valence-electron chi connectivity index (χ3n) is 3.83. The van der Waals surface area contributed by atoms with Crippen LogP contribution in [0.1, 0.15) is 24.2 Å². The normalized spacial score (nSPS) is 20.4. The molecule has 2 rings (SSSR count). The van der Waals surface area contributed by atoms with Crippen LogP contribution in [0.15, 0.2) is 24.3 Å². The number of hydrogen-bond donors (Lipinski definition) is 0. The average molecular weight is 331 g/mol. The third-order valence-corrected chi connectivity index (χ3v) is 3.83. The van der Waals surface area contributed by atoms with Crippen LogP contribution in [-0.2, 0) is 20.4 Å². The molecule has 1 aliphatic heterocycles. The summed E-state index contributed by atoms with van der Waals surface area (Å²) >= 11 is 0. The van der Waals surface area contributed by atoms with Crippen LogP contribution in [0.2, 0.25) is 0 Å². The number of amides is 1. The SMILES string of the molecule is COC[C@@H](C)C(=O)N1CCO[C@@H](c2ccccc2C(F)(F)F)C1. The number of alkyl halides is 3.